The molecule has 0 aliphatic heterocycles. The van der Waals surface area contributed by atoms with Crippen LogP contribution < -0.4 is 10.4 Å². The van der Waals surface area contributed by atoms with Crippen molar-refractivity contribution in [1.29, 1.82) is 0 Å². The predicted molar refractivity (Wildman–Crippen MR) is 600 cm³/mol. The van der Waals surface area contributed by atoms with E-state index in [1.54, 1.807) is 11.1 Å². The number of aromatic nitrogens is 9. The minimum Gasteiger partial charge on any atom is -0.456 e. The van der Waals surface area contributed by atoms with Crippen LogP contribution in [0.15, 0.2) is 420 Å². The summed E-state index contributed by atoms with van der Waals surface area (Å²) in [5.41, 5.74) is 37.7. The van der Waals surface area contributed by atoms with Crippen LogP contribution in [0.2, 0.25) is 0 Å². The van der Waals surface area contributed by atoms with E-state index >= 15 is 0 Å². The van der Waals surface area contributed by atoms with Crippen molar-refractivity contribution in [2.75, 3.05) is 0 Å². The maximum Gasteiger partial charge on any atom is 0.238 e. The predicted octanol–water partition coefficient (Wildman–Crippen LogP) is 32.8. The smallest absolute Gasteiger partial charge is 0.238 e. The lowest BCUT2D eigenvalue weighted by Gasteiger charge is -2.37. The highest BCUT2D eigenvalue weighted by molar-refractivity contribution is 6.21. The van der Waals surface area contributed by atoms with Gasteiger partial charge in [-0.15, -0.1) is 0 Å². The van der Waals surface area contributed by atoms with Crippen LogP contribution >= 0.6 is 0 Å². The molecule has 32 rings (SSSR count). The maximum atomic E-state index is 6.64. The van der Waals surface area contributed by atoms with Gasteiger partial charge in [-0.05, 0) is 193 Å². The number of nitrogens with zero attached hydrogens (tertiary/aromatic N) is 9. The Kier molecular flexibility index (Phi) is 18.4. The van der Waals surface area contributed by atoms with Gasteiger partial charge in [0.25, 0.3) is 0 Å². The van der Waals surface area contributed by atoms with Crippen LogP contribution in [0.3, 0.4) is 0 Å². The average molecular weight is 1890 g/mol. The quantitative estimate of drug-likeness (QED) is 0.146. The van der Waals surface area contributed by atoms with Gasteiger partial charge in [-0.2, -0.15) is 19.9 Å². The van der Waals surface area contributed by atoms with Crippen molar-refractivity contribution in [1.82, 2.24) is 43.6 Å². The number of hydrogen-bond acceptors (Lipinski definition) is 9. The molecule has 0 bridgehead atoms. The number of hydrogen-bond donors (Lipinski definition) is 0. The summed E-state index contributed by atoms with van der Waals surface area (Å²) in [6.07, 6.45) is 12.1. The lowest BCUT2D eigenvalue weighted by Crippen LogP contribution is -2.40. The molecule has 0 fully saturated rings. The number of rotatable bonds is 8. The van der Waals surface area contributed by atoms with Gasteiger partial charge in [-0.25, -0.2) is 9.97 Å². The van der Waals surface area contributed by atoms with Crippen LogP contribution in [-0.4, -0.2) is 43.6 Å². The summed E-state index contributed by atoms with van der Waals surface area (Å²) < 4.78 is 26.8. The molecule has 147 heavy (non-hydrogen) atoms. The fourth-order valence-electron chi connectivity index (χ4n) is 26.3. The molecule has 0 saturated heterocycles. The third kappa shape index (κ3) is 12.6. The SMILES string of the molecule is CC1(C)c2cc3c(cc2-c2ccc4c(oc5ccccc54)c21)c1ccccc1n3-c1cccc(C2=CC3=c4ccccc4=C4C=CCCC4C3CC2)c1.CC1(C)c2ccc3c(oc4ccccc43)c2-c2ccc3c(c21)c1ccccc1n3-c1nc(-c2ccccc2)nc(-c2ccccc2)n1.CC1(C)c2ccc3c(oc4ccccc43)c2-c2ccc3c4ccccc4n(-c4nc(-c5ccccc5)nc(-c5ccccc5)n4)c3c21. The van der Waals surface area contributed by atoms with Gasteiger partial charge in [0.2, 0.25) is 11.9 Å². The second kappa shape index (κ2) is 32.0. The van der Waals surface area contributed by atoms with E-state index in [9.17, 15) is 0 Å². The average Bonchev–Trinajstić information content (AvgIpc) is 1.53. The molecule has 2 unspecified atom stereocenters. The molecule has 6 aliphatic carbocycles. The Morgan fingerprint density at radius 2 is 0.707 bits per heavy atom. The van der Waals surface area contributed by atoms with E-state index in [-0.39, 0.29) is 16.2 Å². The van der Waals surface area contributed by atoms with E-state index in [0.717, 1.165) is 111 Å². The second-order valence-electron chi connectivity index (χ2n) is 41.9. The third-order valence-electron chi connectivity index (χ3n) is 32.9. The number of para-hydroxylation sites is 6. The first kappa shape index (κ1) is 84.7. The Morgan fingerprint density at radius 1 is 0.279 bits per heavy atom. The van der Waals surface area contributed by atoms with Gasteiger partial charge in [0, 0.05) is 126 Å². The van der Waals surface area contributed by atoms with E-state index in [4.69, 9.17) is 43.2 Å². The van der Waals surface area contributed by atoms with Gasteiger partial charge in [-0.1, -0.05) is 375 Å². The fourth-order valence-corrected chi connectivity index (χ4v) is 26.3. The van der Waals surface area contributed by atoms with E-state index in [1.807, 2.05) is 109 Å². The van der Waals surface area contributed by atoms with Gasteiger partial charge in [0.05, 0.1) is 33.1 Å². The fraction of sp³-hybridized carbons (Fsp3) is 0.111. The minimum atomic E-state index is -0.318. The molecule has 0 amide bonds. The monoisotopic (exact) mass is 1890 g/mol. The molecule has 6 aliphatic rings. The van der Waals surface area contributed by atoms with Crippen molar-refractivity contribution in [3.63, 3.8) is 0 Å². The van der Waals surface area contributed by atoms with E-state index < -0.39 is 0 Å². The molecule has 0 N–H and O–H groups in total. The van der Waals surface area contributed by atoms with Crippen LogP contribution in [0.4, 0.5) is 0 Å². The first-order valence-corrected chi connectivity index (χ1v) is 51.3. The zero-order chi connectivity index (χ0) is 97.6. The molecule has 18 aromatic carbocycles. The van der Waals surface area contributed by atoms with Crippen molar-refractivity contribution in [3.8, 4) is 96.5 Å². The number of furan rings is 3. The molecule has 0 radical (unpaired) electrons. The normalized spacial score (nSPS) is 15.7. The van der Waals surface area contributed by atoms with Gasteiger partial charge < -0.3 is 17.8 Å². The topological polar surface area (TPSA) is 132 Å². The summed E-state index contributed by atoms with van der Waals surface area (Å²) in [7, 11) is 0. The van der Waals surface area contributed by atoms with Crippen molar-refractivity contribution in [2.24, 2.45) is 11.8 Å². The first-order chi connectivity index (χ1) is 72.2. The summed E-state index contributed by atoms with van der Waals surface area (Å²) in [5.74, 6) is 4.98. The van der Waals surface area contributed by atoms with Crippen molar-refractivity contribution in [2.45, 2.75) is 83.5 Å². The molecule has 8 aromatic heterocycles. The lowest BCUT2D eigenvalue weighted by atomic mass is 9.67. The number of fused-ring (bicyclic) bond motifs is 36. The van der Waals surface area contributed by atoms with Crippen molar-refractivity contribution >= 4 is 148 Å². The number of allylic oxidation sites excluding steroid dienone is 4. The first-order valence-electron chi connectivity index (χ1n) is 51.3. The molecule has 12 heteroatoms. The van der Waals surface area contributed by atoms with Crippen molar-refractivity contribution in [3.05, 3.63) is 456 Å². The van der Waals surface area contributed by atoms with Crippen LogP contribution in [-0.2, 0) is 16.2 Å². The summed E-state index contributed by atoms with van der Waals surface area (Å²) in [4.78, 5) is 30.6. The van der Waals surface area contributed by atoms with E-state index in [2.05, 4.69) is 353 Å². The van der Waals surface area contributed by atoms with Crippen LogP contribution in [0.1, 0.15) is 106 Å². The Hall–Kier alpha value is -18.0. The van der Waals surface area contributed by atoms with Gasteiger partial charge in [0.15, 0.2) is 23.3 Å². The second-order valence-corrected chi connectivity index (χ2v) is 41.9. The zero-order valence-electron chi connectivity index (χ0n) is 81.9. The lowest BCUT2D eigenvalue weighted by molar-refractivity contribution is 0.436. The maximum absolute atomic E-state index is 6.64. The Bertz CT molecular complexity index is 10300. The Labute approximate surface area is 846 Å². The minimum absolute atomic E-state index is 0.224. The molecule has 8 heterocycles. The molecular weight excluding hydrogens is 1800 g/mol. The summed E-state index contributed by atoms with van der Waals surface area (Å²) in [6.45, 7) is 14.1. The molecule has 26 aromatic rings. The Balaban J connectivity index is 0.000000102. The van der Waals surface area contributed by atoms with Crippen LogP contribution in [0, 0.1) is 11.8 Å². The molecule has 698 valence electrons. The summed E-state index contributed by atoms with van der Waals surface area (Å²) >= 11 is 0. The standard InChI is InChI=1S/C51H39NO.2C42H28N4O/c1-51(2)45-29-47-44(28-43(45)40-24-25-41-39-19-8-10-21-48(39)53-50(41)49(40)51)38-18-7-9-20-46(38)52(47)32-13-11-12-30(26-32)31-22-23-37-35-16-4-3-14-33(35)34-15-5-6-17-36(34)42(37)27-31;1-42(2)31-23-21-28-27-17-10-12-20-34(27)47-38(28)35(31)30-22-24-33-36(37(30)42)29-18-9-11-19-32(29)46(33)41-44-39(25-13-5-3-6-14-25)43-40(45-41)26-15-7-4-8-16-26;1-42(2)32-24-23-30-28-18-10-12-20-34(28)47-38(30)35(32)31-22-21-29-27-17-9-11-19-33(27)46(37(29)36(31)42)41-44-39(25-13-5-3-6-14-25)43-40(45-41)26-15-7-4-8-16-26/h3,5-15,17-21,24-29,35,37H,4,16,22-23H2,1-2H3;2*3-24H,1-2H3. The molecule has 2 atom stereocenters. The molecule has 0 saturated carbocycles. The van der Waals surface area contributed by atoms with Crippen LogP contribution in [0.5, 0.6) is 0 Å². The highest BCUT2D eigenvalue weighted by Crippen LogP contribution is 2.61. The highest BCUT2D eigenvalue weighted by Gasteiger charge is 2.45. The van der Waals surface area contributed by atoms with Crippen LogP contribution in [0.25, 0.3) is 244 Å². The summed E-state index contributed by atoms with van der Waals surface area (Å²) in [6, 6.07) is 138. The Morgan fingerprint density at radius 3 is 1.29 bits per heavy atom. The molecule has 12 nitrogen and oxygen atoms in total. The largest absolute Gasteiger partial charge is 0.456 e. The molecular formula is C135H95N9O3. The number of benzene rings is 18. The van der Waals surface area contributed by atoms with Gasteiger partial charge in [0.1, 0.15) is 33.5 Å². The highest BCUT2D eigenvalue weighted by atomic mass is 16.3. The molecule has 0 spiro atoms. The third-order valence-corrected chi connectivity index (χ3v) is 32.9. The summed E-state index contributed by atoms with van der Waals surface area (Å²) in [5, 5.41) is 17.1. The zero-order valence-corrected chi connectivity index (χ0v) is 81.9. The van der Waals surface area contributed by atoms with Gasteiger partial charge in [-0.3, -0.25) is 9.13 Å². The van der Waals surface area contributed by atoms with E-state index in [1.165, 1.54) is 162 Å². The van der Waals surface area contributed by atoms with E-state index in [0.29, 0.717) is 47.0 Å². The van der Waals surface area contributed by atoms with Gasteiger partial charge >= 0.3 is 0 Å². The van der Waals surface area contributed by atoms with Crippen molar-refractivity contribution < 1.29 is 13.3 Å².